The molecule has 2 aromatic rings. The topological polar surface area (TPSA) is 75.0 Å². The fourth-order valence-corrected chi connectivity index (χ4v) is 3.71. The smallest absolute Gasteiger partial charge is 0.229 e. The molecule has 28 heavy (non-hydrogen) atoms. The first-order valence-electron chi connectivity index (χ1n) is 9.68. The van der Waals surface area contributed by atoms with E-state index in [1.165, 1.54) is 0 Å². The average molecular weight is 383 g/mol. The third-order valence-electron chi connectivity index (χ3n) is 5.28. The summed E-state index contributed by atoms with van der Waals surface area (Å²) in [5.41, 5.74) is 1.89. The van der Waals surface area contributed by atoms with E-state index in [9.17, 15) is 9.59 Å². The molecular weight excluding hydrogens is 358 g/mol. The van der Waals surface area contributed by atoms with Gasteiger partial charge in [0.2, 0.25) is 11.8 Å². The quantitative estimate of drug-likeness (QED) is 0.827. The number of morpholine rings is 1. The summed E-state index contributed by atoms with van der Waals surface area (Å²) in [6.07, 6.45) is 1.82. The number of likely N-dealkylation sites (tertiary alicyclic amines) is 1. The van der Waals surface area contributed by atoms with E-state index in [1.54, 1.807) is 17.2 Å². The molecule has 2 aliphatic rings. The predicted molar refractivity (Wildman–Crippen MR) is 103 cm³/mol. The molecule has 1 aromatic carbocycles. The lowest BCUT2D eigenvalue weighted by Gasteiger charge is -2.27. The van der Waals surface area contributed by atoms with Crippen LogP contribution in [0.15, 0.2) is 47.1 Å². The molecule has 3 heterocycles. The Morgan fingerprint density at radius 1 is 1.11 bits per heavy atom. The van der Waals surface area contributed by atoms with Crippen molar-refractivity contribution < 1.29 is 18.7 Å². The van der Waals surface area contributed by atoms with Crippen LogP contribution in [0.3, 0.4) is 0 Å². The molecule has 7 heteroatoms. The zero-order chi connectivity index (χ0) is 19.3. The first-order chi connectivity index (χ1) is 13.7. The van der Waals surface area contributed by atoms with Crippen molar-refractivity contribution in [3.8, 4) is 0 Å². The highest BCUT2D eigenvalue weighted by molar-refractivity contribution is 5.97. The van der Waals surface area contributed by atoms with Crippen LogP contribution in [0.25, 0.3) is 0 Å². The normalized spacial score (nSPS) is 20.5. The third kappa shape index (κ3) is 4.43. The Labute approximate surface area is 164 Å². The molecule has 1 N–H and O–H groups in total. The summed E-state index contributed by atoms with van der Waals surface area (Å²) in [6.45, 7) is 4.85. The molecule has 2 aliphatic heterocycles. The van der Waals surface area contributed by atoms with Gasteiger partial charge in [-0.3, -0.25) is 14.5 Å². The predicted octanol–water partition coefficient (Wildman–Crippen LogP) is 2.10. The first kappa shape index (κ1) is 18.7. The van der Waals surface area contributed by atoms with Crippen LogP contribution in [0.4, 0.5) is 5.69 Å². The van der Waals surface area contributed by atoms with Gasteiger partial charge in [0.1, 0.15) is 5.76 Å². The Balaban J connectivity index is 1.38. The van der Waals surface area contributed by atoms with Crippen molar-refractivity contribution in [1.29, 1.82) is 0 Å². The number of amides is 2. The highest BCUT2D eigenvalue weighted by Gasteiger charge is 2.34. The van der Waals surface area contributed by atoms with Crippen molar-refractivity contribution in [1.82, 2.24) is 9.80 Å². The molecule has 0 saturated carbocycles. The molecule has 1 unspecified atom stereocenters. The van der Waals surface area contributed by atoms with Gasteiger partial charge in [-0.05, 0) is 23.8 Å². The van der Waals surface area contributed by atoms with Crippen molar-refractivity contribution in [3.63, 3.8) is 0 Å². The van der Waals surface area contributed by atoms with Crippen LogP contribution in [0.1, 0.15) is 17.7 Å². The molecule has 2 saturated heterocycles. The summed E-state index contributed by atoms with van der Waals surface area (Å²) < 4.78 is 10.7. The summed E-state index contributed by atoms with van der Waals surface area (Å²) in [7, 11) is 0. The van der Waals surface area contributed by atoms with Crippen molar-refractivity contribution >= 4 is 17.5 Å². The maximum Gasteiger partial charge on any atom is 0.229 e. The van der Waals surface area contributed by atoms with E-state index < -0.39 is 0 Å². The minimum Gasteiger partial charge on any atom is -0.467 e. The highest BCUT2D eigenvalue weighted by Crippen LogP contribution is 2.24. The van der Waals surface area contributed by atoms with E-state index in [2.05, 4.69) is 10.2 Å². The van der Waals surface area contributed by atoms with Crippen molar-refractivity contribution in [2.24, 2.45) is 5.92 Å². The van der Waals surface area contributed by atoms with E-state index in [-0.39, 0.29) is 24.2 Å². The zero-order valence-electron chi connectivity index (χ0n) is 15.8. The van der Waals surface area contributed by atoms with Gasteiger partial charge in [-0.15, -0.1) is 0 Å². The summed E-state index contributed by atoms with van der Waals surface area (Å²) in [5.74, 6) is 0.257. The number of para-hydroxylation sites is 1. The van der Waals surface area contributed by atoms with Crippen molar-refractivity contribution in [2.75, 3.05) is 38.2 Å². The van der Waals surface area contributed by atoms with Gasteiger partial charge in [0.05, 0.1) is 31.9 Å². The van der Waals surface area contributed by atoms with E-state index in [0.717, 1.165) is 49.9 Å². The molecule has 4 rings (SSSR count). The van der Waals surface area contributed by atoms with Gasteiger partial charge in [-0.1, -0.05) is 18.2 Å². The third-order valence-corrected chi connectivity index (χ3v) is 5.28. The Hall–Kier alpha value is -2.64. The number of hydrogen-bond donors (Lipinski definition) is 1. The van der Waals surface area contributed by atoms with Gasteiger partial charge in [0, 0.05) is 38.3 Å². The molecule has 148 valence electrons. The number of nitrogens with zero attached hydrogens (tertiary/aromatic N) is 2. The summed E-state index contributed by atoms with van der Waals surface area (Å²) in [6, 6.07) is 11.5. The van der Waals surface area contributed by atoms with Gasteiger partial charge in [0.25, 0.3) is 0 Å². The molecule has 0 aliphatic carbocycles. The first-order valence-corrected chi connectivity index (χ1v) is 9.68. The summed E-state index contributed by atoms with van der Waals surface area (Å²) in [4.78, 5) is 29.1. The van der Waals surface area contributed by atoms with Gasteiger partial charge in [0.15, 0.2) is 0 Å². The zero-order valence-corrected chi connectivity index (χ0v) is 15.8. The maximum atomic E-state index is 12.8. The van der Waals surface area contributed by atoms with Gasteiger partial charge in [-0.2, -0.15) is 0 Å². The second kappa shape index (κ2) is 8.58. The number of carbonyl (C=O) groups is 2. The highest BCUT2D eigenvalue weighted by atomic mass is 16.5. The number of hydrogen-bond acceptors (Lipinski definition) is 5. The Morgan fingerprint density at radius 2 is 1.93 bits per heavy atom. The standard InChI is InChI=1S/C21H25N3O4/c25-20-12-17(14-24(20)15-18-5-3-9-28-18)21(26)22-19-6-2-1-4-16(19)13-23-7-10-27-11-8-23/h1-6,9,17H,7-8,10-15H2,(H,22,26). The van der Waals surface area contributed by atoms with Crippen molar-refractivity contribution in [3.05, 3.63) is 54.0 Å². The lowest BCUT2D eigenvalue weighted by atomic mass is 10.1. The molecular formula is C21H25N3O4. The fraction of sp³-hybridized carbons (Fsp3) is 0.429. The summed E-state index contributed by atoms with van der Waals surface area (Å²) in [5, 5.41) is 3.04. The van der Waals surface area contributed by atoms with Gasteiger partial charge < -0.3 is 19.4 Å². The molecule has 1 aromatic heterocycles. The molecule has 0 bridgehead atoms. The molecule has 1 atom stereocenters. The minimum atomic E-state index is -0.348. The minimum absolute atomic E-state index is 0.0156. The fourth-order valence-electron chi connectivity index (χ4n) is 3.71. The molecule has 0 radical (unpaired) electrons. The Kier molecular flexibility index (Phi) is 5.73. The largest absolute Gasteiger partial charge is 0.467 e. The van der Waals surface area contributed by atoms with E-state index in [0.29, 0.717) is 13.1 Å². The number of nitrogens with one attached hydrogen (secondary N) is 1. The Bertz CT molecular complexity index is 815. The van der Waals surface area contributed by atoms with Crippen LogP contribution in [0.5, 0.6) is 0 Å². The van der Waals surface area contributed by atoms with Crippen LogP contribution < -0.4 is 5.32 Å². The number of carbonyl (C=O) groups excluding carboxylic acids is 2. The second-order valence-electron chi connectivity index (χ2n) is 7.29. The molecule has 0 spiro atoms. The van der Waals surface area contributed by atoms with Crippen LogP contribution in [0, 0.1) is 5.92 Å². The molecule has 7 nitrogen and oxygen atoms in total. The van der Waals surface area contributed by atoms with Gasteiger partial charge >= 0.3 is 0 Å². The lowest BCUT2D eigenvalue weighted by molar-refractivity contribution is -0.128. The number of ether oxygens (including phenoxy) is 1. The van der Waals surface area contributed by atoms with Gasteiger partial charge in [-0.25, -0.2) is 0 Å². The van der Waals surface area contributed by atoms with Crippen LogP contribution in [-0.4, -0.2) is 54.5 Å². The SMILES string of the molecule is O=C(Nc1ccccc1CN1CCOCC1)C1CC(=O)N(Cc2ccco2)C1. The van der Waals surface area contributed by atoms with E-state index in [1.807, 2.05) is 30.3 Å². The average Bonchev–Trinajstić information content (AvgIpc) is 3.35. The second-order valence-corrected chi connectivity index (χ2v) is 7.29. The maximum absolute atomic E-state index is 12.8. The number of rotatable bonds is 6. The van der Waals surface area contributed by atoms with E-state index >= 15 is 0 Å². The van der Waals surface area contributed by atoms with Crippen LogP contribution in [0.2, 0.25) is 0 Å². The number of furan rings is 1. The number of benzene rings is 1. The van der Waals surface area contributed by atoms with Crippen molar-refractivity contribution in [2.45, 2.75) is 19.5 Å². The molecule has 2 amide bonds. The summed E-state index contributed by atoms with van der Waals surface area (Å²) >= 11 is 0. The van der Waals surface area contributed by atoms with Crippen LogP contribution in [-0.2, 0) is 27.4 Å². The van der Waals surface area contributed by atoms with E-state index in [4.69, 9.17) is 9.15 Å². The molecule has 2 fully saturated rings. The lowest BCUT2D eigenvalue weighted by Crippen LogP contribution is -2.36. The number of anilines is 1. The Morgan fingerprint density at radius 3 is 2.71 bits per heavy atom. The van der Waals surface area contributed by atoms with Crippen LogP contribution >= 0.6 is 0 Å². The monoisotopic (exact) mass is 383 g/mol.